The predicted molar refractivity (Wildman–Crippen MR) is 163 cm³/mol. The molecule has 0 bridgehead atoms. The maximum Gasteiger partial charge on any atom is 0.171 e. The number of carbonyl (C=O) groups excluding carboxylic acids is 1. The molecule has 0 spiro atoms. The first-order valence-corrected chi connectivity index (χ1v) is 14.7. The molecule has 0 unspecified atom stereocenters. The van der Waals surface area contributed by atoms with Gasteiger partial charge in [-0.3, -0.25) is 4.79 Å². The van der Waals surface area contributed by atoms with Gasteiger partial charge in [0.15, 0.2) is 12.9 Å². The maximum atomic E-state index is 15.5. The van der Waals surface area contributed by atoms with Crippen molar-refractivity contribution in [2.24, 2.45) is 7.05 Å². The van der Waals surface area contributed by atoms with Gasteiger partial charge in [-0.2, -0.15) is 0 Å². The molecule has 1 aromatic heterocycles. The highest BCUT2D eigenvalue weighted by Crippen LogP contribution is 2.48. The van der Waals surface area contributed by atoms with Crippen molar-refractivity contribution in [3.8, 4) is 22.4 Å². The lowest BCUT2D eigenvalue weighted by Gasteiger charge is -2.23. The zero-order valence-corrected chi connectivity index (χ0v) is 22.8. The average molecular weight is 526 g/mol. The summed E-state index contributed by atoms with van der Waals surface area (Å²) in [6.45, 7) is 1.58. The molecule has 5 aromatic carbocycles. The van der Waals surface area contributed by atoms with Gasteiger partial charge in [0.1, 0.15) is 0 Å². The lowest BCUT2D eigenvalue weighted by molar-refractivity contribution is 0.101. The van der Waals surface area contributed by atoms with E-state index in [-0.39, 0.29) is 5.78 Å². The fraction of sp³-hybridized carbons (Fsp3) is 0.0571. The van der Waals surface area contributed by atoms with Crippen LogP contribution in [0.25, 0.3) is 33.3 Å². The van der Waals surface area contributed by atoms with Gasteiger partial charge >= 0.3 is 0 Å². The summed E-state index contributed by atoms with van der Waals surface area (Å²) in [5.41, 5.74) is 5.76. The van der Waals surface area contributed by atoms with E-state index in [4.69, 9.17) is 0 Å². The summed E-state index contributed by atoms with van der Waals surface area (Å²) in [5.74, 6) is 0.0386. The molecule has 3 nitrogen and oxygen atoms in total. The summed E-state index contributed by atoms with van der Waals surface area (Å²) in [5, 5.41) is 3.51. The largest absolute Gasteiger partial charge is 0.343 e. The molecule has 0 saturated carbocycles. The number of aryl methyl sites for hydroxylation is 1. The molecule has 0 amide bonds. The second-order valence-corrected chi connectivity index (χ2v) is 12.5. The van der Waals surface area contributed by atoms with E-state index in [9.17, 15) is 4.79 Å². The zero-order chi connectivity index (χ0) is 27.0. The summed E-state index contributed by atoms with van der Waals surface area (Å²) < 4.78 is 17.7. The van der Waals surface area contributed by atoms with Crippen molar-refractivity contribution in [2.45, 2.75) is 6.92 Å². The maximum absolute atomic E-state index is 15.5. The van der Waals surface area contributed by atoms with Crippen molar-refractivity contribution in [2.75, 3.05) is 0 Å². The van der Waals surface area contributed by atoms with Crippen molar-refractivity contribution in [1.82, 2.24) is 4.57 Å². The van der Waals surface area contributed by atoms with Crippen LogP contribution in [0.1, 0.15) is 17.3 Å². The molecule has 0 atom stereocenters. The number of hydrogen-bond donors (Lipinski definition) is 0. The zero-order valence-electron chi connectivity index (χ0n) is 21.9. The number of rotatable bonds is 6. The summed E-state index contributed by atoms with van der Waals surface area (Å²) >= 11 is 0. The monoisotopic (exact) mass is 525 g/mol. The fourth-order valence-corrected chi connectivity index (χ4v) is 8.38. The molecule has 6 rings (SSSR count). The highest BCUT2D eigenvalue weighted by molar-refractivity contribution is 7.85. The van der Waals surface area contributed by atoms with E-state index in [0.717, 1.165) is 49.2 Å². The molecule has 0 aliphatic heterocycles. The van der Waals surface area contributed by atoms with Crippen LogP contribution in [0.4, 0.5) is 0 Å². The quantitative estimate of drug-likeness (QED) is 0.168. The van der Waals surface area contributed by atoms with Crippen LogP contribution in [-0.4, -0.2) is 10.4 Å². The van der Waals surface area contributed by atoms with Gasteiger partial charge in [-0.15, -0.1) is 0 Å². The van der Waals surface area contributed by atoms with E-state index in [1.165, 1.54) is 0 Å². The Kier molecular flexibility index (Phi) is 6.38. The Hall–Kier alpha value is -4.46. The van der Waals surface area contributed by atoms with E-state index in [1.54, 1.807) is 6.92 Å². The van der Waals surface area contributed by atoms with E-state index in [2.05, 4.69) is 29.8 Å². The number of benzene rings is 5. The lowest BCUT2D eigenvalue weighted by atomic mass is 9.97. The molecule has 1 heterocycles. The van der Waals surface area contributed by atoms with Gasteiger partial charge in [-0.1, -0.05) is 127 Å². The second-order valence-electron chi connectivity index (χ2n) is 9.73. The second kappa shape index (κ2) is 10.0. The predicted octanol–water partition coefficient (Wildman–Crippen LogP) is 7.35. The Morgan fingerprint density at radius 3 is 1.79 bits per heavy atom. The number of fused-ring (bicyclic) bond motifs is 1. The number of Topliss-reactive ketones (excluding diaryl/α,β-unsaturated/α-hetero) is 1. The fourth-order valence-electron chi connectivity index (χ4n) is 5.52. The molecule has 0 N–H and O–H groups in total. The van der Waals surface area contributed by atoms with E-state index in [1.807, 2.05) is 115 Å². The van der Waals surface area contributed by atoms with Crippen molar-refractivity contribution in [1.29, 1.82) is 0 Å². The van der Waals surface area contributed by atoms with Crippen LogP contribution >= 0.6 is 7.14 Å². The minimum Gasteiger partial charge on any atom is -0.343 e. The Morgan fingerprint density at radius 2 is 1.18 bits per heavy atom. The molecule has 190 valence electrons. The van der Waals surface area contributed by atoms with Crippen molar-refractivity contribution in [3.63, 3.8) is 0 Å². The van der Waals surface area contributed by atoms with Crippen LogP contribution < -0.4 is 15.9 Å². The van der Waals surface area contributed by atoms with E-state index < -0.39 is 7.14 Å². The van der Waals surface area contributed by atoms with Crippen LogP contribution in [-0.2, 0) is 11.6 Å². The molecule has 39 heavy (non-hydrogen) atoms. The highest BCUT2D eigenvalue weighted by Gasteiger charge is 2.33. The van der Waals surface area contributed by atoms with Gasteiger partial charge in [-0.25, -0.2) is 0 Å². The van der Waals surface area contributed by atoms with Crippen molar-refractivity contribution < 1.29 is 9.36 Å². The first-order chi connectivity index (χ1) is 19.0. The van der Waals surface area contributed by atoms with Crippen molar-refractivity contribution in [3.05, 3.63) is 139 Å². The number of ketones is 1. The van der Waals surface area contributed by atoms with Gasteiger partial charge in [0, 0.05) is 50.6 Å². The minimum absolute atomic E-state index is 0.0386. The molecule has 0 fully saturated rings. The molecule has 0 saturated heterocycles. The molecule has 0 aliphatic rings. The Morgan fingerprint density at radius 1 is 0.641 bits per heavy atom. The van der Waals surface area contributed by atoms with E-state index in [0.29, 0.717) is 5.56 Å². The topological polar surface area (TPSA) is 39.1 Å². The number of para-hydroxylation sites is 1. The molecule has 6 aromatic rings. The van der Waals surface area contributed by atoms with Crippen molar-refractivity contribution >= 4 is 39.7 Å². The third kappa shape index (κ3) is 4.16. The standard InChI is InChI=1S/C35H28NO2P/c1-25(37)26-21-23-27(24-22-26)34-30-17-9-11-19-32(30)36(2)35(34)31-18-10-12-20-33(31)39(38,28-13-5-3-6-14-28)29-15-7-4-8-16-29/h3-24H,1-2H3. The van der Waals surface area contributed by atoms with Crippen LogP contribution in [0.15, 0.2) is 133 Å². The third-order valence-electron chi connectivity index (χ3n) is 7.43. The first-order valence-electron chi connectivity index (χ1n) is 13.0. The summed E-state index contributed by atoms with van der Waals surface area (Å²) in [6.07, 6.45) is 0. The average Bonchev–Trinajstić information content (AvgIpc) is 3.29. The normalized spacial score (nSPS) is 11.5. The number of hydrogen-bond acceptors (Lipinski definition) is 2. The molecule has 0 radical (unpaired) electrons. The van der Waals surface area contributed by atoms with Gasteiger partial charge in [0.2, 0.25) is 0 Å². The first kappa shape index (κ1) is 24.9. The molecular formula is C35H28NO2P. The highest BCUT2D eigenvalue weighted by atomic mass is 31.2. The van der Waals surface area contributed by atoms with Crippen LogP contribution in [0.3, 0.4) is 0 Å². The minimum atomic E-state index is -3.23. The molecule has 0 aliphatic carbocycles. The summed E-state index contributed by atoms with van der Waals surface area (Å²) in [7, 11) is -1.17. The third-order valence-corrected chi connectivity index (χ3v) is 10.5. The van der Waals surface area contributed by atoms with Gasteiger partial charge in [-0.05, 0) is 18.6 Å². The summed E-state index contributed by atoms with van der Waals surface area (Å²) in [6, 6.07) is 43.8. The van der Waals surface area contributed by atoms with Crippen LogP contribution in [0.2, 0.25) is 0 Å². The van der Waals surface area contributed by atoms with Gasteiger partial charge < -0.3 is 9.13 Å². The Labute approximate surface area is 228 Å². The summed E-state index contributed by atoms with van der Waals surface area (Å²) in [4.78, 5) is 12.0. The number of nitrogens with zero attached hydrogens (tertiary/aromatic N) is 1. The van der Waals surface area contributed by atoms with Gasteiger partial charge in [0.25, 0.3) is 0 Å². The Balaban J connectivity index is 1.69. The number of carbonyl (C=O) groups is 1. The lowest BCUT2D eigenvalue weighted by Crippen LogP contribution is -2.26. The van der Waals surface area contributed by atoms with E-state index >= 15 is 4.57 Å². The Bertz CT molecular complexity index is 1810. The molecular weight excluding hydrogens is 497 g/mol. The van der Waals surface area contributed by atoms with Gasteiger partial charge in [0.05, 0.1) is 5.69 Å². The van der Waals surface area contributed by atoms with Crippen LogP contribution in [0, 0.1) is 0 Å². The molecule has 4 heteroatoms. The van der Waals surface area contributed by atoms with Crippen LogP contribution in [0.5, 0.6) is 0 Å². The number of aromatic nitrogens is 1. The SMILES string of the molecule is CC(=O)c1ccc(-c2c(-c3ccccc3P(=O)(c3ccccc3)c3ccccc3)n(C)c3ccccc23)cc1. The smallest absolute Gasteiger partial charge is 0.171 e.